The number of esters is 2. The quantitative estimate of drug-likeness (QED) is 0.119. The molecule has 0 aromatic heterocycles. The molecule has 0 spiro atoms. The van der Waals surface area contributed by atoms with Crippen LogP contribution in [0.2, 0.25) is 0 Å². The van der Waals surface area contributed by atoms with Crippen molar-refractivity contribution in [3.8, 4) is 0 Å². The van der Waals surface area contributed by atoms with Crippen molar-refractivity contribution in [2.24, 2.45) is 35.5 Å². The average molecular weight is 834 g/mol. The molecular formula is C46H50Cl2O10. The first-order valence-corrected chi connectivity index (χ1v) is 20.2. The third kappa shape index (κ3) is 8.23. The van der Waals surface area contributed by atoms with Crippen LogP contribution < -0.4 is 0 Å². The molecule has 6 rings (SSSR count). The SMILES string of the molecule is CC[C@H](C)/C=C(C)/C=C/C1=CC2=C(Cl)C(=O)[C@]3(C)OC(=O)[C@H](C(C)=O)[C@@H]3C2=CO1.CC[C@H](C)/C=C(C)\C=C\C1=CC2=C(Cl)C(=O)[C@]3(C)OC(=O)[C@H](C(C)=O)[C@@H]3C2=CO1. The van der Waals surface area contributed by atoms with Crippen molar-refractivity contribution in [2.75, 3.05) is 0 Å². The van der Waals surface area contributed by atoms with Gasteiger partial charge in [0.1, 0.15) is 34.9 Å². The number of hydrogen-bond donors (Lipinski definition) is 0. The largest absolute Gasteiger partial charge is 0.465 e. The van der Waals surface area contributed by atoms with Crippen LogP contribution in [-0.4, -0.2) is 46.3 Å². The van der Waals surface area contributed by atoms with E-state index in [1.54, 1.807) is 24.3 Å². The number of allylic oxidation sites excluding steroid dienone is 12. The summed E-state index contributed by atoms with van der Waals surface area (Å²) in [6, 6.07) is 0. The van der Waals surface area contributed by atoms with Crippen LogP contribution in [-0.2, 0) is 47.7 Å². The Morgan fingerprint density at radius 2 is 1.02 bits per heavy atom. The number of Topliss-reactive ketones (excluding diaryl/α,β-unsaturated/α-hetero) is 4. The molecule has 58 heavy (non-hydrogen) atoms. The second-order valence-corrected chi connectivity index (χ2v) is 16.8. The zero-order chi connectivity index (χ0) is 43.0. The van der Waals surface area contributed by atoms with Gasteiger partial charge in [0, 0.05) is 22.3 Å². The van der Waals surface area contributed by atoms with E-state index in [2.05, 4.69) is 39.8 Å². The summed E-state index contributed by atoms with van der Waals surface area (Å²) in [5.74, 6) is -4.75. The molecule has 6 aliphatic rings. The number of ether oxygens (including phenoxy) is 4. The number of fused-ring (bicyclic) bond motifs is 6. The van der Waals surface area contributed by atoms with Gasteiger partial charge < -0.3 is 18.9 Å². The molecule has 10 nitrogen and oxygen atoms in total. The first-order chi connectivity index (χ1) is 27.2. The second kappa shape index (κ2) is 17.2. The smallest absolute Gasteiger partial charge is 0.318 e. The molecule has 0 radical (unpaired) electrons. The van der Waals surface area contributed by atoms with Gasteiger partial charge in [-0.2, -0.15) is 0 Å². The predicted octanol–water partition coefficient (Wildman–Crippen LogP) is 9.09. The van der Waals surface area contributed by atoms with Gasteiger partial charge in [-0.1, -0.05) is 99.2 Å². The minimum absolute atomic E-state index is 0.0203. The van der Waals surface area contributed by atoms with Crippen LogP contribution in [0.25, 0.3) is 0 Å². The first-order valence-electron chi connectivity index (χ1n) is 19.5. The highest BCUT2D eigenvalue weighted by Gasteiger charge is 2.65. The average Bonchev–Trinajstić information content (AvgIpc) is 3.63. The number of ketones is 4. The van der Waals surface area contributed by atoms with E-state index in [1.807, 2.05) is 26.0 Å². The molecule has 2 saturated heterocycles. The van der Waals surface area contributed by atoms with Crippen LogP contribution in [0.1, 0.15) is 82.1 Å². The molecule has 0 saturated carbocycles. The second-order valence-electron chi connectivity index (χ2n) is 16.0. The molecule has 0 bridgehead atoms. The number of rotatable bonds is 10. The highest BCUT2D eigenvalue weighted by atomic mass is 35.5. The molecule has 0 N–H and O–H groups in total. The van der Waals surface area contributed by atoms with E-state index in [-0.39, 0.29) is 21.6 Å². The van der Waals surface area contributed by atoms with Crippen molar-refractivity contribution in [3.05, 3.63) is 116 Å². The fourth-order valence-corrected chi connectivity index (χ4v) is 8.71. The van der Waals surface area contributed by atoms with Crippen LogP contribution in [0.4, 0.5) is 0 Å². The summed E-state index contributed by atoms with van der Waals surface area (Å²) >= 11 is 12.7. The highest BCUT2D eigenvalue weighted by Crippen LogP contribution is 2.53. The summed E-state index contributed by atoms with van der Waals surface area (Å²) in [5.41, 5.74) is 1.20. The standard InChI is InChI=1S/2C23H25ClO5/c2*1-6-12(2)9-13(3)7-8-15-10-16-17(11-28-15)19-18(14(4)25)22(27)29-23(19,5)21(26)20(16)24/h2*7-12,18-19H,6H2,1-5H3/b8-7+,13-9+;8-7+,13-9-/t2*12-,18+,19-,23+/m00/s1. The Hall–Kier alpha value is -4.80. The summed E-state index contributed by atoms with van der Waals surface area (Å²) in [5, 5.41) is -0.0406. The van der Waals surface area contributed by atoms with Crippen molar-refractivity contribution in [1.29, 1.82) is 0 Å². The van der Waals surface area contributed by atoms with E-state index < -0.39 is 58.4 Å². The van der Waals surface area contributed by atoms with E-state index in [4.69, 9.17) is 42.1 Å². The monoisotopic (exact) mass is 832 g/mol. The summed E-state index contributed by atoms with van der Waals surface area (Å²) in [7, 11) is 0. The van der Waals surface area contributed by atoms with Gasteiger partial charge in [0.25, 0.3) is 0 Å². The van der Waals surface area contributed by atoms with Gasteiger partial charge >= 0.3 is 11.9 Å². The van der Waals surface area contributed by atoms with Crippen molar-refractivity contribution in [1.82, 2.24) is 0 Å². The lowest BCUT2D eigenvalue weighted by Crippen LogP contribution is -2.47. The molecule has 4 heterocycles. The normalized spacial score (nSPS) is 30.3. The molecule has 2 fully saturated rings. The molecule has 8 atom stereocenters. The van der Waals surface area contributed by atoms with Crippen LogP contribution in [0.15, 0.2) is 116 Å². The van der Waals surface area contributed by atoms with Crippen molar-refractivity contribution < 1.29 is 47.7 Å². The molecule has 0 aromatic rings. The van der Waals surface area contributed by atoms with Crippen LogP contribution in [0.5, 0.6) is 0 Å². The van der Waals surface area contributed by atoms with Crippen LogP contribution in [0, 0.1) is 35.5 Å². The number of carbonyl (C=O) groups is 6. The first kappa shape index (κ1) is 44.3. The maximum atomic E-state index is 12.9. The molecule has 12 heteroatoms. The number of carbonyl (C=O) groups excluding carboxylic acids is 6. The van der Waals surface area contributed by atoms with Gasteiger partial charge in [-0.3, -0.25) is 28.8 Å². The zero-order valence-corrected chi connectivity index (χ0v) is 36.0. The molecule has 0 unspecified atom stereocenters. The Morgan fingerprint density at radius 1 is 0.672 bits per heavy atom. The Kier molecular flexibility index (Phi) is 13.1. The Labute approximate surface area is 349 Å². The van der Waals surface area contributed by atoms with E-state index in [9.17, 15) is 28.8 Å². The molecule has 0 amide bonds. The van der Waals surface area contributed by atoms with E-state index in [0.717, 1.165) is 24.0 Å². The van der Waals surface area contributed by atoms with E-state index >= 15 is 0 Å². The summed E-state index contributed by atoms with van der Waals surface area (Å²) < 4.78 is 22.2. The summed E-state index contributed by atoms with van der Waals surface area (Å²) in [4.78, 5) is 74.7. The van der Waals surface area contributed by atoms with Gasteiger partial charge in [-0.25, -0.2) is 0 Å². The summed E-state index contributed by atoms with van der Waals surface area (Å²) in [6.45, 7) is 18.2. The Balaban J connectivity index is 0.000000221. The van der Waals surface area contributed by atoms with Crippen LogP contribution in [0.3, 0.4) is 0 Å². The molecular weight excluding hydrogens is 783 g/mol. The Bertz CT molecular complexity index is 2020. The van der Waals surface area contributed by atoms with Crippen molar-refractivity contribution in [2.45, 2.75) is 93.3 Å². The maximum Gasteiger partial charge on any atom is 0.318 e. The van der Waals surface area contributed by atoms with E-state index in [1.165, 1.54) is 40.2 Å². The minimum Gasteiger partial charge on any atom is -0.465 e. The van der Waals surface area contributed by atoms with Crippen molar-refractivity contribution in [3.63, 3.8) is 0 Å². The lowest BCUT2D eigenvalue weighted by atomic mass is 9.68. The van der Waals surface area contributed by atoms with Gasteiger partial charge in [-0.15, -0.1) is 0 Å². The fraction of sp³-hybridized carbons (Fsp3) is 0.435. The lowest BCUT2D eigenvalue weighted by Gasteiger charge is -2.36. The highest BCUT2D eigenvalue weighted by molar-refractivity contribution is 6.46. The van der Waals surface area contributed by atoms with Crippen molar-refractivity contribution >= 4 is 58.3 Å². The molecule has 308 valence electrons. The lowest BCUT2D eigenvalue weighted by molar-refractivity contribution is -0.157. The van der Waals surface area contributed by atoms with E-state index in [0.29, 0.717) is 45.6 Å². The minimum atomic E-state index is -1.50. The number of hydrogen-bond acceptors (Lipinski definition) is 10. The third-order valence-corrected chi connectivity index (χ3v) is 12.3. The summed E-state index contributed by atoms with van der Waals surface area (Å²) in [6.07, 6.45) is 20.2. The zero-order valence-electron chi connectivity index (χ0n) is 34.5. The van der Waals surface area contributed by atoms with Gasteiger partial charge in [0.05, 0.1) is 34.4 Å². The number of halogens is 2. The maximum absolute atomic E-state index is 12.9. The molecule has 0 aromatic carbocycles. The topological polar surface area (TPSA) is 139 Å². The van der Waals surface area contributed by atoms with Gasteiger partial charge in [-0.05, 0) is 77.7 Å². The molecule has 2 aliphatic carbocycles. The predicted molar refractivity (Wildman–Crippen MR) is 219 cm³/mol. The van der Waals surface area contributed by atoms with Gasteiger partial charge in [0.2, 0.25) is 11.6 Å². The van der Waals surface area contributed by atoms with Gasteiger partial charge in [0.15, 0.2) is 11.2 Å². The fourth-order valence-electron chi connectivity index (χ4n) is 8.01. The molecule has 4 aliphatic heterocycles. The third-order valence-electron chi connectivity index (χ3n) is 11.5. The Morgan fingerprint density at radius 3 is 1.33 bits per heavy atom. The van der Waals surface area contributed by atoms with Crippen LogP contribution >= 0.6 is 23.2 Å².